The summed E-state index contributed by atoms with van der Waals surface area (Å²) in [5.74, 6) is -2.28. The summed E-state index contributed by atoms with van der Waals surface area (Å²) in [6.45, 7) is 1.37. The minimum absolute atomic E-state index is 0.0673. The lowest BCUT2D eigenvalue weighted by molar-refractivity contribution is -0.200. The predicted octanol–water partition coefficient (Wildman–Crippen LogP) is -0.373. The molecular weight excluding hydrogens is 242 g/mol. The molecule has 0 aromatic heterocycles. The molecule has 2 atom stereocenters. The van der Waals surface area contributed by atoms with Crippen LogP contribution in [0.3, 0.4) is 0 Å². The van der Waals surface area contributed by atoms with Gasteiger partial charge in [0.2, 0.25) is 0 Å². The predicted molar refractivity (Wildman–Crippen MR) is 58.8 cm³/mol. The number of rotatable bonds is 6. The van der Waals surface area contributed by atoms with Gasteiger partial charge in [0.05, 0.1) is 18.6 Å². The first-order chi connectivity index (χ1) is 8.49. The SMILES string of the molecule is COC(CO)CC(C)C(=O)ON1C(=O)CCC1=O. The van der Waals surface area contributed by atoms with E-state index in [1.807, 2.05) is 0 Å². The van der Waals surface area contributed by atoms with Crippen LogP contribution in [0.4, 0.5) is 0 Å². The minimum Gasteiger partial charge on any atom is -0.394 e. The maximum atomic E-state index is 11.7. The molecule has 0 saturated carbocycles. The highest BCUT2D eigenvalue weighted by Crippen LogP contribution is 2.16. The molecule has 1 saturated heterocycles. The van der Waals surface area contributed by atoms with Gasteiger partial charge in [-0.2, -0.15) is 0 Å². The molecule has 7 heteroatoms. The fraction of sp³-hybridized carbons (Fsp3) is 0.727. The number of imide groups is 1. The second kappa shape index (κ2) is 6.46. The molecule has 0 bridgehead atoms. The summed E-state index contributed by atoms with van der Waals surface area (Å²) in [7, 11) is 1.42. The van der Waals surface area contributed by atoms with Gasteiger partial charge in [0.25, 0.3) is 11.8 Å². The number of ether oxygens (including phenoxy) is 1. The molecule has 1 fully saturated rings. The number of methoxy groups -OCH3 is 1. The molecule has 18 heavy (non-hydrogen) atoms. The summed E-state index contributed by atoms with van der Waals surface area (Å²) in [4.78, 5) is 38.9. The fourth-order valence-corrected chi connectivity index (χ4v) is 1.57. The van der Waals surface area contributed by atoms with Crippen LogP contribution in [0.2, 0.25) is 0 Å². The van der Waals surface area contributed by atoms with Gasteiger partial charge in [-0.3, -0.25) is 9.59 Å². The van der Waals surface area contributed by atoms with E-state index in [1.54, 1.807) is 6.92 Å². The molecule has 1 aliphatic rings. The van der Waals surface area contributed by atoms with Gasteiger partial charge in [0, 0.05) is 20.0 Å². The van der Waals surface area contributed by atoms with Gasteiger partial charge in [0.15, 0.2) is 0 Å². The molecule has 1 rings (SSSR count). The Bertz CT molecular complexity index is 322. The second-order valence-corrected chi connectivity index (χ2v) is 4.17. The van der Waals surface area contributed by atoms with Gasteiger partial charge in [-0.25, -0.2) is 4.79 Å². The van der Waals surface area contributed by atoms with Crippen LogP contribution < -0.4 is 0 Å². The minimum atomic E-state index is -0.686. The molecule has 2 amide bonds. The Kier molecular flexibility index (Phi) is 5.24. The van der Waals surface area contributed by atoms with Gasteiger partial charge in [0.1, 0.15) is 0 Å². The Hall–Kier alpha value is -1.47. The monoisotopic (exact) mass is 259 g/mol. The van der Waals surface area contributed by atoms with E-state index in [4.69, 9.17) is 14.7 Å². The van der Waals surface area contributed by atoms with Crippen molar-refractivity contribution >= 4 is 17.8 Å². The molecule has 7 nitrogen and oxygen atoms in total. The topological polar surface area (TPSA) is 93.1 Å². The summed E-state index contributed by atoms with van der Waals surface area (Å²) in [6.07, 6.45) is -0.0879. The standard InChI is InChI=1S/C11H17NO6/c1-7(5-8(6-13)17-2)11(16)18-12-9(14)3-4-10(12)15/h7-8,13H,3-6H2,1-2H3. The molecule has 1 heterocycles. The third kappa shape index (κ3) is 3.51. The van der Waals surface area contributed by atoms with Crippen LogP contribution in [0.15, 0.2) is 0 Å². The third-order valence-corrected chi connectivity index (χ3v) is 2.74. The van der Waals surface area contributed by atoms with E-state index in [0.29, 0.717) is 5.06 Å². The van der Waals surface area contributed by atoms with Crippen LogP contribution in [-0.4, -0.2) is 47.8 Å². The van der Waals surface area contributed by atoms with E-state index in [1.165, 1.54) is 7.11 Å². The Morgan fingerprint density at radius 1 is 1.39 bits per heavy atom. The Morgan fingerprint density at radius 3 is 2.39 bits per heavy atom. The first-order valence-electron chi connectivity index (χ1n) is 5.70. The molecule has 2 unspecified atom stereocenters. The average molecular weight is 259 g/mol. The van der Waals surface area contributed by atoms with Crippen LogP contribution in [-0.2, 0) is 24.0 Å². The van der Waals surface area contributed by atoms with Crippen molar-refractivity contribution < 1.29 is 29.1 Å². The van der Waals surface area contributed by atoms with Gasteiger partial charge in [-0.1, -0.05) is 6.92 Å². The summed E-state index contributed by atoms with van der Waals surface area (Å²) in [6, 6.07) is 0. The van der Waals surface area contributed by atoms with Crippen molar-refractivity contribution in [3.8, 4) is 0 Å². The van der Waals surface area contributed by atoms with Gasteiger partial charge < -0.3 is 14.7 Å². The van der Waals surface area contributed by atoms with E-state index in [0.717, 1.165) is 0 Å². The van der Waals surface area contributed by atoms with E-state index in [9.17, 15) is 14.4 Å². The van der Waals surface area contributed by atoms with Crippen molar-refractivity contribution in [1.29, 1.82) is 0 Å². The first-order valence-corrected chi connectivity index (χ1v) is 5.70. The van der Waals surface area contributed by atoms with Crippen LogP contribution in [0.5, 0.6) is 0 Å². The van der Waals surface area contributed by atoms with E-state index in [-0.39, 0.29) is 25.9 Å². The molecule has 0 aromatic carbocycles. The van der Waals surface area contributed by atoms with E-state index >= 15 is 0 Å². The normalized spacial score (nSPS) is 18.9. The van der Waals surface area contributed by atoms with Gasteiger partial charge >= 0.3 is 5.97 Å². The number of nitrogens with zero attached hydrogens (tertiary/aromatic N) is 1. The lowest BCUT2D eigenvalue weighted by atomic mass is 10.0. The van der Waals surface area contributed by atoms with Gasteiger partial charge in [-0.15, -0.1) is 5.06 Å². The summed E-state index contributed by atoms with van der Waals surface area (Å²) >= 11 is 0. The number of aliphatic hydroxyl groups excluding tert-OH is 1. The highest BCUT2D eigenvalue weighted by molar-refractivity contribution is 6.01. The van der Waals surface area contributed by atoms with Crippen molar-refractivity contribution in [2.45, 2.75) is 32.3 Å². The molecule has 0 aliphatic carbocycles. The van der Waals surface area contributed by atoms with Crippen molar-refractivity contribution in [1.82, 2.24) is 5.06 Å². The molecule has 1 N–H and O–H groups in total. The molecule has 0 spiro atoms. The molecule has 0 aromatic rings. The maximum Gasteiger partial charge on any atom is 0.336 e. The lowest BCUT2D eigenvalue weighted by Gasteiger charge is -2.19. The molecule has 102 valence electrons. The molecular formula is C11H17NO6. The number of carbonyl (C=O) groups excluding carboxylic acids is 3. The molecule has 0 radical (unpaired) electrons. The van der Waals surface area contributed by atoms with Crippen molar-refractivity contribution in [2.24, 2.45) is 5.92 Å². The number of amides is 2. The number of hydrogen-bond donors (Lipinski definition) is 1. The maximum absolute atomic E-state index is 11.7. The summed E-state index contributed by atoms with van der Waals surface area (Å²) in [5.41, 5.74) is 0. The Balaban J connectivity index is 2.49. The van der Waals surface area contributed by atoms with Crippen LogP contribution in [0.1, 0.15) is 26.2 Å². The Labute approximate surface area is 105 Å². The van der Waals surface area contributed by atoms with Crippen molar-refractivity contribution in [3.63, 3.8) is 0 Å². The van der Waals surface area contributed by atoms with Crippen molar-refractivity contribution in [2.75, 3.05) is 13.7 Å². The Morgan fingerprint density at radius 2 is 1.94 bits per heavy atom. The van der Waals surface area contributed by atoms with Crippen molar-refractivity contribution in [3.05, 3.63) is 0 Å². The number of hydrogen-bond acceptors (Lipinski definition) is 6. The van der Waals surface area contributed by atoms with Gasteiger partial charge in [-0.05, 0) is 6.42 Å². The van der Waals surface area contributed by atoms with Crippen LogP contribution in [0.25, 0.3) is 0 Å². The zero-order valence-electron chi connectivity index (χ0n) is 10.4. The average Bonchev–Trinajstić information content (AvgIpc) is 2.67. The first kappa shape index (κ1) is 14.6. The summed E-state index contributed by atoms with van der Waals surface area (Å²) in [5, 5.41) is 9.44. The zero-order chi connectivity index (χ0) is 13.7. The zero-order valence-corrected chi connectivity index (χ0v) is 10.4. The quantitative estimate of drug-likeness (QED) is 0.654. The highest BCUT2D eigenvalue weighted by atomic mass is 16.7. The van der Waals surface area contributed by atoms with E-state index < -0.39 is 29.8 Å². The number of carbonyl (C=O) groups is 3. The van der Waals surface area contributed by atoms with Crippen LogP contribution in [0, 0.1) is 5.92 Å². The largest absolute Gasteiger partial charge is 0.394 e. The highest BCUT2D eigenvalue weighted by Gasteiger charge is 2.34. The fourth-order valence-electron chi connectivity index (χ4n) is 1.57. The number of hydroxylamine groups is 2. The van der Waals surface area contributed by atoms with E-state index in [2.05, 4.69) is 0 Å². The third-order valence-electron chi connectivity index (χ3n) is 2.74. The lowest BCUT2D eigenvalue weighted by Crippen LogP contribution is -2.35. The summed E-state index contributed by atoms with van der Waals surface area (Å²) < 4.78 is 4.93. The second-order valence-electron chi connectivity index (χ2n) is 4.17. The van der Waals surface area contributed by atoms with Crippen LogP contribution >= 0.6 is 0 Å². The number of aliphatic hydroxyl groups is 1. The smallest absolute Gasteiger partial charge is 0.336 e. The molecule has 1 aliphatic heterocycles.